The molecule has 1 aromatic carbocycles. The number of rotatable bonds is 7. The highest BCUT2D eigenvalue weighted by Crippen LogP contribution is 2.28. The van der Waals surface area contributed by atoms with Gasteiger partial charge >= 0.3 is 0 Å². The number of aliphatic hydroxyl groups excluding tert-OH is 1. The van der Waals surface area contributed by atoms with E-state index in [2.05, 4.69) is 21.2 Å². The first-order valence-electron chi connectivity index (χ1n) is 6.75. The Hall–Kier alpha value is -0.780. The molecule has 1 rings (SSSR count). The Morgan fingerprint density at radius 3 is 2.76 bits per heavy atom. The van der Waals surface area contributed by atoms with Gasteiger partial charge in [0.15, 0.2) is 6.10 Å². The standard InChI is InChI=1S/C15H21BrClNO3/c1-10(14(20)18-9-15(2,3)6-7-19)21-13-5-4-11(17)8-12(13)16/h4-5,8,10,19H,6-7,9H2,1-3H3,(H,18,20). The van der Waals surface area contributed by atoms with Crippen LogP contribution in [0.25, 0.3) is 0 Å². The van der Waals surface area contributed by atoms with E-state index in [1.54, 1.807) is 25.1 Å². The minimum Gasteiger partial charge on any atom is -0.480 e. The Kier molecular flexibility index (Phi) is 6.97. The predicted octanol–water partition coefficient (Wildman–Crippen LogP) is 3.39. The van der Waals surface area contributed by atoms with E-state index < -0.39 is 6.10 Å². The zero-order valence-electron chi connectivity index (χ0n) is 12.5. The molecule has 0 bridgehead atoms. The number of nitrogens with one attached hydrogen (secondary N) is 1. The largest absolute Gasteiger partial charge is 0.480 e. The van der Waals surface area contributed by atoms with Crippen LogP contribution in [0.1, 0.15) is 27.2 Å². The van der Waals surface area contributed by atoms with Gasteiger partial charge < -0.3 is 15.2 Å². The molecule has 0 radical (unpaired) electrons. The molecule has 0 saturated heterocycles. The maximum absolute atomic E-state index is 12.0. The van der Waals surface area contributed by atoms with Crippen LogP contribution in [-0.2, 0) is 4.79 Å². The van der Waals surface area contributed by atoms with Gasteiger partial charge in [0.2, 0.25) is 0 Å². The van der Waals surface area contributed by atoms with Crippen LogP contribution in [-0.4, -0.2) is 30.3 Å². The summed E-state index contributed by atoms with van der Waals surface area (Å²) in [4.78, 5) is 12.0. The third kappa shape index (κ3) is 6.24. The van der Waals surface area contributed by atoms with E-state index in [1.807, 2.05) is 13.8 Å². The summed E-state index contributed by atoms with van der Waals surface area (Å²) in [5, 5.41) is 12.4. The third-order valence-electron chi connectivity index (χ3n) is 3.10. The van der Waals surface area contributed by atoms with E-state index in [-0.39, 0.29) is 17.9 Å². The highest BCUT2D eigenvalue weighted by molar-refractivity contribution is 9.10. The summed E-state index contributed by atoms with van der Waals surface area (Å²) < 4.78 is 6.32. The van der Waals surface area contributed by atoms with Crippen LogP contribution < -0.4 is 10.1 Å². The van der Waals surface area contributed by atoms with Gasteiger partial charge in [0.1, 0.15) is 5.75 Å². The molecule has 2 N–H and O–H groups in total. The lowest BCUT2D eigenvalue weighted by Crippen LogP contribution is -2.41. The first kappa shape index (κ1) is 18.3. The SMILES string of the molecule is CC(Oc1ccc(Cl)cc1Br)C(=O)NCC(C)(C)CCO. The van der Waals surface area contributed by atoms with Gasteiger partial charge in [0, 0.05) is 18.2 Å². The van der Waals surface area contributed by atoms with Gasteiger partial charge in [-0.15, -0.1) is 0 Å². The smallest absolute Gasteiger partial charge is 0.260 e. The highest BCUT2D eigenvalue weighted by atomic mass is 79.9. The molecule has 0 aliphatic carbocycles. The molecule has 0 spiro atoms. The molecule has 1 amide bonds. The summed E-state index contributed by atoms with van der Waals surface area (Å²) in [5.74, 6) is 0.375. The highest BCUT2D eigenvalue weighted by Gasteiger charge is 2.21. The van der Waals surface area contributed by atoms with Crippen LogP contribution in [0, 0.1) is 5.41 Å². The van der Waals surface area contributed by atoms with Crippen molar-refractivity contribution in [2.24, 2.45) is 5.41 Å². The Morgan fingerprint density at radius 2 is 2.19 bits per heavy atom. The van der Waals surface area contributed by atoms with Gasteiger partial charge in [0.05, 0.1) is 4.47 Å². The Morgan fingerprint density at radius 1 is 1.52 bits per heavy atom. The van der Waals surface area contributed by atoms with E-state index in [1.165, 1.54) is 0 Å². The number of hydrogen-bond acceptors (Lipinski definition) is 3. The molecule has 118 valence electrons. The average molecular weight is 379 g/mol. The van der Waals surface area contributed by atoms with Crippen molar-refractivity contribution >= 4 is 33.4 Å². The second kappa shape index (κ2) is 8.01. The maximum atomic E-state index is 12.0. The molecule has 0 fully saturated rings. The van der Waals surface area contributed by atoms with Gasteiger partial charge in [-0.25, -0.2) is 0 Å². The lowest BCUT2D eigenvalue weighted by molar-refractivity contribution is -0.127. The van der Waals surface area contributed by atoms with Crippen molar-refractivity contribution in [1.82, 2.24) is 5.32 Å². The molecule has 1 unspecified atom stereocenters. The topological polar surface area (TPSA) is 58.6 Å². The van der Waals surface area contributed by atoms with Crippen LogP contribution >= 0.6 is 27.5 Å². The molecule has 21 heavy (non-hydrogen) atoms. The van der Waals surface area contributed by atoms with E-state index in [0.29, 0.717) is 28.2 Å². The van der Waals surface area contributed by atoms with Crippen molar-refractivity contribution in [2.45, 2.75) is 33.3 Å². The van der Waals surface area contributed by atoms with E-state index in [0.717, 1.165) is 0 Å². The molecular weight excluding hydrogens is 358 g/mol. The third-order valence-corrected chi connectivity index (χ3v) is 3.95. The zero-order chi connectivity index (χ0) is 16.0. The van der Waals surface area contributed by atoms with Crippen LogP contribution in [0.5, 0.6) is 5.75 Å². The van der Waals surface area contributed by atoms with Gasteiger partial charge in [-0.05, 0) is 52.9 Å². The molecule has 4 nitrogen and oxygen atoms in total. The summed E-state index contributed by atoms with van der Waals surface area (Å²) in [6.07, 6.45) is 0.0121. The minimum absolute atomic E-state index is 0.104. The Balaban J connectivity index is 2.55. The quantitative estimate of drug-likeness (QED) is 0.764. The first-order valence-corrected chi connectivity index (χ1v) is 7.92. The van der Waals surface area contributed by atoms with Crippen LogP contribution in [0.15, 0.2) is 22.7 Å². The van der Waals surface area contributed by atoms with Crippen molar-refractivity contribution in [3.8, 4) is 5.75 Å². The van der Waals surface area contributed by atoms with E-state index >= 15 is 0 Å². The summed E-state index contributed by atoms with van der Waals surface area (Å²) in [5.41, 5.74) is -0.148. The van der Waals surface area contributed by atoms with Crippen LogP contribution in [0.2, 0.25) is 5.02 Å². The van der Waals surface area contributed by atoms with Crippen LogP contribution in [0.4, 0.5) is 0 Å². The minimum atomic E-state index is -0.618. The number of aliphatic hydroxyl groups is 1. The van der Waals surface area contributed by atoms with Gasteiger partial charge in [-0.1, -0.05) is 25.4 Å². The number of halogens is 2. The molecular formula is C15H21BrClNO3. The lowest BCUT2D eigenvalue weighted by Gasteiger charge is -2.25. The summed E-state index contributed by atoms with van der Waals surface area (Å²) in [6, 6.07) is 5.13. The fraction of sp³-hybridized carbons (Fsp3) is 0.533. The Bertz CT molecular complexity index is 494. The summed E-state index contributed by atoms with van der Waals surface area (Å²) in [7, 11) is 0. The molecule has 1 atom stereocenters. The average Bonchev–Trinajstić information content (AvgIpc) is 2.39. The predicted molar refractivity (Wildman–Crippen MR) is 87.7 cm³/mol. The number of carbonyl (C=O) groups is 1. The molecule has 0 aromatic heterocycles. The second-order valence-corrected chi connectivity index (χ2v) is 6.98. The summed E-state index contributed by atoms with van der Waals surface area (Å²) in [6.45, 7) is 6.26. The molecule has 0 aliphatic rings. The number of carbonyl (C=O) groups excluding carboxylic acids is 1. The molecule has 1 aromatic rings. The molecule has 6 heteroatoms. The fourth-order valence-electron chi connectivity index (χ4n) is 1.68. The number of ether oxygens (including phenoxy) is 1. The van der Waals surface area contributed by atoms with E-state index in [4.69, 9.17) is 21.4 Å². The molecule has 0 saturated carbocycles. The van der Waals surface area contributed by atoms with Gasteiger partial charge in [0.25, 0.3) is 5.91 Å². The number of amides is 1. The monoisotopic (exact) mass is 377 g/mol. The van der Waals surface area contributed by atoms with Crippen molar-refractivity contribution in [2.75, 3.05) is 13.2 Å². The fourth-order valence-corrected chi connectivity index (χ4v) is 2.45. The van der Waals surface area contributed by atoms with E-state index in [9.17, 15) is 4.79 Å². The van der Waals surface area contributed by atoms with Gasteiger partial charge in [-0.3, -0.25) is 4.79 Å². The van der Waals surface area contributed by atoms with Crippen molar-refractivity contribution in [1.29, 1.82) is 0 Å². The van der Waals surface area contributed by atoms with Crippen molar-refractivity contribution < 1.29 is 14.6 Å². The lowest BCUT2D eigenvalue weighted by atomic mass is 9.90. The van der Waals surface area contributed by atoms with Gasteiger partial charge in [-0.2, -0.15) is 0 Å². The number of benzene rings is 1. The molecule has 0 aliphatic heterocycles. The van der Waals surface area contributed by atoms with Crippen molar-refractivity contribution in [3.63, 3.8) is 0 Å². The number of hydrogen-bond donors (Lipinski definition) is 2. The molecule has 0 heterocycles. The summed E-state index contributed by atoms with van der Waals surface area (Å²) >= 11 is 9.21. The van der Waals surface area contributed by atoms with Crippen LogP contribution in [0.3, 0.4) is 0 Å². The van der Waals surface area contributed by atoms with Crippen molar-refractivity contribution in [3.05, 3.63) is 27.7 Å². The first-order chi connectivity index (χ1) is 9.75. The Labute approximate surface area is 139 Å². The normalized spacial score (nSPS) is 12.9. The zero-order valence-corrected chi connectivity index (χ0v) is 14.8. The second-order valence-electron chi connectivity index (χ2n) is 5.69. The maximum Gasteiger partial charge on any atom is 0.260 e.